The summed E-state index contributed by atoms with van der Waals surface area (Å²) < 4.78 is 5.26. The molecular formula is C24H28N4O2S. The molecule has 31 heavy (non-hydrogen) atoms. The molecule has 0 spiro atoms. The topological polar surface area (TPSA) is 62.5 Å². The van der Waals surface area contributed by atoms with Gasteiger partial charge in [-0.1, -0.05) is 35.5 Å². The van der Waals surface area contributed by atoms with E-state index in [0.717, 1.165) is 61.2 Å². The second kappa shape index (κ2) is 10.1. The minimum absolute atomic E-state index is 0.0657. The van der Waals surface area contributed by atoms with Crippen LogP contribution in [0.5, 0.6) is 0 Å². The van der Waals surface area contributed by atoms with Crippen LogP contribution in [0.4, 0.5) is 0 Å². The zero-order valence-electron chi connectivity index (χ0n) is 18.1. The molecule has 1 amide bonds. The summed E-state index contributed by atoms with van der Waals surface area (Å²) in [5.41, 5.74) is 3.95. The number of rotatable bonds is 6. The minimum atomic E-state index is 0.0657. The number of nitrogens with zero attached hydrogens (tertiary/aromatic N) is 4. The number of carbonyl (C=O) groups is 1. The van der Waals surface area contributed by atoms with Crippen LogP contribution in [0.25, 0.3) is 0 Å². The van der Waals surface area contributed by atoms with Crippen molar-refractivity contribution in [3.05, 3.63) is 76.8 Å². The number of thioether (sulfide) groups is 1. The van der Waals surface area contributed by atoms with E-state index in [0.29, 0.717) is 11.3 Å². The average Bonchev–Trinajstić information content (AvgIpc) is 2.97. The van der Waals surface area contributed by atoms with Crippen LogP contribution in [-0.2, 0) is 12.3 Å². The summed E-state index contributed by atoms with van der Waals surface area (Å²) in [5.74, 6) is 1.57. The van der Waals surface area contributed by atoms with Gasteiger partial charge >= 0.3 is 0 Å². The van der Waals surface area contributed by atoms with Crippen LogP contribution in [0.15, 0.2) is 58.2 Å². The zero-order chi connectivity index (χ0) is 21.6. The van der Waals surface area contributed by atoms with Gasteiger partial charge in [0, 0.05) is 50.2 Å². The van der Waals surface area contributed by atoms with Crippen molar-refractivity contribution >= 4 is 17.7 Å². The van der Waals surface area contributed by atoms with Crippen LogP contribution < -0.4 is 0 Å². The molecule has 162 valence electrons. The normalized spacial score (nSPS) is 15.1. The molecule has 1 aromatic carbocycles. The fraction of sp³-hybridized carbons (Fsp3) is 0.375. The van der Waals surface area contributed by atoms with E-state index in [9.17, 15) is 4.79 Å². The predicted octanol–water partition coefficient (Wildman–Crippen LogP) is 4.33. The SMILES string of the molecule is Cc1noc(C)c1CSc1ncccc1C(=O)N1CCCN(Cc2ccccc2)CC1. The van der Waals surface area contributed by atoms with Crippen molar-refractivity contribution in [3.8, 4) is 0 Å². The zero-order valence-corrected chi connectivity index (χ0v) is 18.9. The Labute approximate surface area is 187 Å². The van der Waals surface area contributed by atoms with Gasteiger partial charge in [-0.15, -0.1) is 11.8 Å². The lowest BCUT2D eigenvalue weighted by atomic mass is 10.2. The van der Waals surface area contributed by atoms with E-state index in [4.69, 9.17) is 4.52 Å². The van der Waals surface area contributed by atoms with Crippen molar-refractivity contribution in [2.45, 2.75) is 37.6 Å². The van der Waals surface area contributed by atoms with Crippen LogP contribution in [0.2, 0.25) is 0 Å². The predicted molar refractivity (Wildman–Crippen MR) is 122 cm³/mol. The molecule has 0 aliphatic carbocycles. The number of amides is 1. The molecule has 1 aliphatic heterocycles. The number of aromatic nitrogens is 2. The van der Waals surface area contributed by atoms with Crippen LogP contribution >= 0.6 is 11.8 Å². The molecule has 2 aromatic heterocycles. The van der Waals surface area contributed by atoms with Crippen molar-refractivity contribution in [1.29, 1.82) is 0 Å². The Kier molecular flexibility index (Phi) is 7.04. The Balaban J connectivity index is 1.41. The molecule has 1 saturated heterocycles. The fourth-order valence-corrected chi connectivity index (χ4v) is 5.00. The number of pyridine rings is 1. The third-order valence-electron chi connectivity index (χ3n) is 5.66. The summed E-state index contributed by atoms with van der Waals surface area (Å²) in [6.07, 6.45) is 2.72. The summed E-state index contributed by atoms with van der Waals surface area (Å²) in [5, 5.41) is 4.78. The van der Waals surface area contributed by atoms with Crippen molar-refractivity contribution < 1.29 is 9.32 Å². The maximum Gasteiger partial charge on any atom is 0.256 e. The van der Waals surface area contributed by atoms with Crippen LogP contribution in [0.3, 0.4) is 0 Å². The fourth-order valence-electron chi connectivity index (χ4n) is 3.86. The lowest BCUT2D eigenvalue weighted by Gasteiger charge is -2.22. The second-order valence-corrected chi connectivity index (χ2v) is 8.82. The van der Waals surface area contributed by atoms with Crippen LogP contribution in [0, 0.1) is 13.8 Å². The third kappa shape index (κ3) is 5.35. The van der Waals surface area contributed by atoms with Gasteiger partial charge in [-0.3, -0.25) is 9.69 Å². The minimum Gasteiger partial charge on any atom is -0.361 e. The Hall–Kier alpha value is -2.64. The summed E-state index contributed by atoms with van der Waals surface area (Å²) in [6, 6.07) is 14.2. The molecule has 1 fully saturated rings. The molecule has 0 atom stereocenters. The standard InChI is InChI=1S/C24H28N4O2S/c1-18-22(19(2)30-26-18)17-31-23-21(10-6-11-25-23)24(29)28-13-7-12-27(14-15-28)16-20-8-4-3-5-9-20/h3-6,8-11H,7,12-17H2,1-2H3. The molecule has 3 aromatic rings. The van der Waals surface area contributed by atoms with Gasteiger partial charge in [0.1, 0.15) is 10.8 Å². The molecule has 4 rings (SSSR count). The quantitative estimate of drug-likeness (QED) is 0.536. The van der Waals surface area contributed by atoms with E-state index >= 15 is 0 Å². The first-order valence-corrected chi connectivity index (χ1v) is 11.7. The molecule has 0 saturated carbocycles. The summed E-state index contributed by atoms with van der Waals surface area (Å²) in [7, 11) is 0. The lowest BCUT2D eigenvalue weighted by Crippen LogP contribution is -2.35. The maximum atomic E-state index is 13.4. The largest absolute Gasteiger partial charge is 0.361 e. The first-order valence-electron chi connectivity index (χ1n) is 10.7. The van der Waals surface area contributed by atoms with Crippen LogP contribution in [-0.4, -0.2) is 52.0 Å². The highest BCUT2D eigenvalue weighted by Gasteiger charge is 2.23. The summed E-state index contributed by atoms with van der Waals surface area (Å²) >= 11 is 1.56. The highest BCUT2D eigenvalue weighted by molar-refractivity contribution is 7.98. The first-order chi connectivity index (χ1) is 15.1. The van der Waals surface area contributed by atoms with Gasteiger partial charge in [0.05, 0.1) is 11.3 Å². The lowest BCUT2D eigenvalue weighted by molar-refractivity contribution is 0.0757. The monoisotopic (exact) mass is 436 g/mol. The Bertz CT molecular complexity index is 1000. The molecule has 7 heteroatoms. The number of hydrogen-bond donors (Lipinski definition) is 0. The first kappa shape index (κ1) is 21.6. The van der Waals surface area contributed by atoms with Gasteiger partial charge in [0.15, 0.2) is 0 Å². The second-order valence-electron chi connectivity index (χ2n) is 7.86. The van der Waals surface area contributed by atoms with E-state index in [2.05, 4.69) is 39.3 Å². The molecule has 6 nitrogen and oxygen atoms in total. The summed E-state index contributed by atoms with van der Waals surface area (Å²) in [6.45, 7) is 8.16. The molecule has 0 N–H and O–H groups in total. The van der Waals surface area contributed by atoms with Gasteiger partial charge < -0.3 is 9.42 Å². The van der Waals surface area contributed by atoms with E-state index < -0.39 is 0 Å². The number of hydrogen-bond acceptors (Lipinski definition) is 6. The molecular weight excluding hydrogens is 408 g/mol. The van der Waals surface area contributed by atoms with E-state index in [1.165, 1.54) is 5.56 Å². The van der Waals surface area contributed by atoms with E-state index in [-0.39, 0.29) is 5.91 Å². The van der Waals surface area contributed by atoms with Crippen LogP contribution in [0.1, 0.15) is 39.4 Å². The van der Waals surface area contributed by atoms with Crippen molar-refractivity contribution in [3.63, 3.8) is 0 Å². The number of benzene rings is 1. The maximum absolute atomic E-state index is 13.4. The Morgan fingerprint density at radius 2 is 1.90 bits per heavy atom. The molecule has 0 bridgehead atoms. The molecule has 3 heterocycles. The molecule has 0 radical (unpaired) electrons. The Morgan fingerprint density at radius 3 is 2.68 bits per heavy atom. The van der Waals surface area contributed by atoms with Gasteiger partial charge in [0.2, 0.25) is 0 Å². The number of carbonyl (C=O) groups excluding carboxylic acids is 1. The third-order valence-corrected chi connectivity index (χ3v) is 6.69. The number of aryl methyl sites for hydroxylation is 2. The average molecular weight is 437 g/mol. The van der Waals surface area contributed by atoms with Gasteiger partial charge in [0.25, 0.3) is 5.91 Å². The van der Waals surface area contributed by atoms with Gasteiger partial charge in [-0.25, -0.2) is 4.98 Å². The Morgan fingerprint density at radius 1 is 1.06 bits per heavy atom. The van der Waals surface area contributed by atoms with E-state index in [1.54, 1.807) is 18.0 Å². The smallest absolute Gasteiger partial charge is 0.256 e. The van der Waals surface area contributed by atoms with Gasteiger partial charge in [-0.05, 0) is 38.0 Å². The van der Waals surface area contributed by atoms with Crippen molar-refractivity contribution in [2.24, 2.45) is 0 Å². The molecule has 1 aliphatic rings. The van der Waals surface area contributed by atoms with Crippen molar-refractivity contribution in [2.75, 3.05) is 26.2 Å². The highest BCUT2D eigenvalue weighted by Crippen LogP contribution is 2.28. The van der Waals surface area contributed by atoms with E-state index in [1.807, 2.05) is 36.9 Å². The summed E-state index contributed by atoms with van der Waals surface area (Å²) in [4.78, 5) is 22.3. The van der Waals surface area contributed by atoms with Gasteiger partial charge in [-0.2, -0.15) is 0 Å². The molecule has 0 unspecified atom stereocenters. The highest BCUT2D eigenvalue weighted by atomic mass is 32.2. The van der Waals surface area contributed by atoms with Crippen molar-refractivity contribution in [1.82, 2.24) is 19.9 Å².